The highest BCUT2D eigenvalue weighted by atomic mass is 19.4. The van der Waals surface area contributed by atoms with Gasteiger partial charge in [0.15, 0.2) is 0 Å². The van der Waals surface area contributed by atoms with E-state index >= 15 is 0 Å². The molecular formula is C29H29F6N5O6. The number of guanidine groups is 1. The van der Waals surface area contributed by atoms with Crippen LogP contribution < -0.4 is 5.32 Å². The van der Waals surface area contributed by atoms with Gasteiger partial charge in [-0.05, 0) is 69.4 Å². The summed E-state index contributed by atoms with van der Waals surface area (Å²) in [5, 5.41) is 25.7. The van der Waals surface area contributed by atoms with Gasteiger partial charge in [0.25, 0.3) is 5.89 Å². The minimum Gasteiger partial charge on any atom is -0.465 e. The summed E-state index contributed by atoms with van der Waals surface area (Å²) in [6.45, 7) is 4.70. The average Bonchev–Trinajstić information content (AvgIpc) is 3.56. The number of likely N-dealkylation sites (tertiary alicyclic amines) is 1. The summed E-state index contributed by atoms with van der Waals surface area (Å²) < 4.78 is 91.1. The lowest BCUT2D eigenvalue weighted by molar-refractivity contribution is -0.138. The third-order valence-electron chi connectivity index (χ3n) is 6.78. The Balaban J connectivity index is 1.59. The number of hydrogen-bond acceptors (Lipinski definition) is 7. The summed E-state index contributed by atoms with van der Waals surface area (Å²) in [5.74, 6) is -1.06. The van der Waals surface area contributed by atoms with Crippen LogP contribution >= 0.6 is 0 Å². The molecule has 1 aromatic heterocycles. The molecule has 4 rings (SSSR count). The number of aliphatic hydroxyl groups is 1. The predicted octanol–water partition coefficient (Wildman–Crippen LogP) is 6.23. The molecule has 0 saturated carbocycles. The first-order valence-corrected chi connectivity index (χ1v) is 13.8. The van der Waals surface area contributed by atoms with Crippen LogP contribution in [0, 0.1) is 0 Å². The van der Waals surface area contributed by atoms with E-state index in [0.29, 0.717) is 5.56 Å². The zero-order chi connectivity index (χ0) is 34.0. The van der Waals surface area contributed by atoms with Gasteiger partial charge in [0, 0.05) is 12.1 Å². The Hall–Kier alpha value is -4.67. The van der Waals surface area contributed by atoms with Crippen LogP contribution in [0.25, 0.3) is 11.4 Å². The Kier molecular flexibility index (Phi) is 9.65. The quantitative estimate of drug-likeness (QED) is 0.165. The second-order valence-corrected chi connectivity index (χ2v) is 11.4. The van der Waals surface area contributed by atoms with Crippen LogP contribution in [-0.2, 0) is 29.9 Å². The number of aromatic nitrogens is 2. The average molecular weight is 658 g/mol. The van der Waals surface area contributed by atoms with Crippen molar-refractivity contribution < 1.29 is 55.4 Å². The van der Waals surface area contributed by atoms with Crippen molar-refractivity contribution in [1.29, 1.82) is 0 Å². The molecule has 2 atom stereocenters. The van der Waals surface area contributed by atoms with E-state index in [-0.39, 0.29) is 48.6 Å². The van der Waals surface area contributed by atoms with Gasteiger partial charge in [-0.25, -0.2) is 9.59 Å². The monoisotopic (exact) mass is 657 g/mol. The molecule has 2 amide bonds. The maximum atomic E-state index is 14.1. The molecule has 0 bridgehead atoms. The fourth-order valence-electron chi connectivity index (χ4n) is 4.75. The van der Waals surface area contributed by atoms with Gasteiger partial charge >= 0.3 is 24.5 Å². The zero-order valence-corrected chi connectivity index (χ0v) is 24.6. The maximum Gasteiger partial charge on any atom is 0.437 e. The fraction of sp³-hybridized carbons (Fsp3) is 0.414. The van der Waals surface area contributed by atoms with Crippen molar-refractivity contribution in [2.75, 3.05) is 6.54 Å². The van der Waals surface area contributed by atoms with E-state index < -0.39 is 59.4 Å². The third-order valence-corrected chi connectivity index (χ3v) is 6.78. The molecule has 0 spiro atoms. The van der Waals surface area contributed by atoms with Crippen LogP contribution in [0.15, 0.2) is 52.0 Å². The second-order valence-electron chi connectivity index (χ2n) is 11.4. The van der Waals surface area contributed by atoms with Crippen LogP contribution in [0.3, 0.4) is 0 Å². The van der Waals surface area contributed by atoms with Gasteiger partial charge in [0.1, 0.15) is 11.6 Å². The molecule has 2 heterocycles. The number of alkyl halides is 6. The van der Waals surface area contributed by atoms with Gasteiger partial charge in [-0.2, -0.15) is 31.3 Å². The normalized spacial score (nSPS) is 17.7. The van der Waals surface area contributed by atoms with Gasteiger partial charge in [0.2, 0.25) is 11.8 Å². The standard InChI is InChI=1S/C29H29F6N5O6/c1-27(2,3)45-26(44)38-24(37-25(42)43)40-13-12-20(41)21(40)23-36-22(39-46-23)17-9-8-16(19(14-17)29(33,34)35)7-4-15-5-10-18(11-6-15)28(30,31)32/h5-6,8-11,14,20-21,41H,4,7,12-13H2,1-3H3,(H,42,43)(H,37,38,44)/t20-,21-/m0/s1. The number of nitrogens with one attached hydrogen (secondary N) is 1. The Labute approximate surface area is 257 Å². The third kappa shape index (κ3) is 8.52. The number of amides is 2. The van der Waals surface area contributed by atoms with Gasteiger partial charge in [-0.3, -0.25) is 5.32 Å². The first-order valence-electron chi connectivity index (χ1n) is 13.8. The number of carboxylic acid groups (broad SMARTS) is 1. The lowest BCUT2D eigenvalue weighted by atomic mass is 9.97. The summed E-state index contributed by atoms with van der Waals surface area (Å²) in [7, 11) is 0. The Morgan fingerprint density at radius 1 is 1.04 bits per heavy atom. The Bertz CT molecular complexity index is 1600. The molecular weight excluding hydrogens is 628 g/mol. The van der Waals surface area contributed by atoms with E-state index in [1.54, 1.807) is 20.8 Å². The van der Waals surface area contributed by atoms with Gasteiger partial charge < -0.3 is 24.4 Å². The lowest BCUT2D eigenvalue weighted by Gasteiger charge is -2.26. The number of carbonyl (C=O) groups excluding carboxylic acids is 1. The van der Waals surface area contributed by atoms with Crippen LogP contribution in [-0.4, -0.2) is 61.6 Å². The highest BCUT2D eigenvalue weighted by molar-refractivity contribution is 5.98. The molecule has 0 radical (unpaired) electrons. The Morgan fingerprint density at radius 3 is 2.30 bits per heavy atom. The first kappa shape index (κ1) is 34.2. The highest BCUT2D eigenvalue weighted by Crippen LogP contribution is 2.37. The van der Waals surface area contributed by atoms with E-state index in [9.17, 15) is 46.1 Å². The summed E-state index contributed by atoms with van der Waals surface area (Å²) in [4.78, 5) is 32.8. The summed E-state index contributed by atoms with van der Waals surface area (Å²) >= 11 is 0. The predicted molar refractivity (Wildman–Crippen MR) is 148 cm³/mol. The lowest BCUT2D eigenvalue weighted by Crippen LogP contribution is -2.45. The molecule has 11 nitrogen and oxygen atoms in total. The number of carbonyl (C=O) groups is 2. The number of aliphatic hydroxyl groups excluding tert-OH is 1. The van der Waals surface area contributed by atoms with E-state index in [2.05, 4.69) is 15.1 Å². The molecule has 248 valence electrons. The van der Waals surface area contributed by atoms with E-state index in [1.807, 2.05) is 5.32 Å². The zero-order valence-electron chi connectivity index (χ0n) is 24.6. The number of nitrogens with zero attached hydrogens (tertiary/aromatic N) is 4. The molecule has 1 saturated heterocycles. The van der Waals surface area contributed by atoms with Crippen LogP contribution in [0.1, 0.15) is 61.4 Å². The van der Waals surface area contributed by atoms with Crippen molar-refractivity contribution >= 4 is 18.1 Å². The van der Waals surface area contributed by atoms with Crippen molar-refractivity contribution in [1.82, 2.24) is 20.4 Å². The molecule has 1 aliphatic heterocycles. The summed E-state index contributed by atoms with van der Waals surface area (Å²) in [6, 6.07) is 6.25. The van der Waals surface area contributed by atoms with Crippen molar-refractivity contribution in [3.8, 4) is 11.4 Å². The molecule has 1 fully saturated rings. The number of ether oxygens (including phenoxy) is 1. The second kappa shape index (κ2) is 13.0. The molecule has 17 heteroatoms. The molecule has 0 aliphatic carbocycles. The highest BCUT2D eigenvalue weighted by Gasteiger charge is 2.41. The van der Waals surface area contributed by atoms with E-state index in [0.717, 1.165) is 18.2 Å². The SMILES string of the molecule is CC(C)(C)OC(=O)N=C(NC(=O)O)N1CC[C@H](O)[C@H]1c1nc(-c2ccc(CCc3ccc(C(F)(F)F)cc3)c(C(F)(F)F)c2)no1. The molecule has 46 heavy (non-hydrogen) atoms. The van der Waals surface area contributed by atoms with Crippen molar-refractivity contribution in [3.05, 3.63) is 70.6 Å². The molecule has 0 unspecified atom stereocenters. The van der Waals surface area contributed by atoms with E-state index in [4.69, 9.17) is 9.26 Å². The van der Waals surface area contributed by atoms with Crippen molar-refractivity contribution in [2.45, 2.75) is 70.1 Å². The summed E-state index contributed by atoms with van der Waals surface area (Å²) in [6.07, 6.45) is -13.3. The van der Waals surface area contributed by atoms with Gasteiger partial charge in [-0.1, -0.05) is 29.4 Å². The van der Waals surface area contributed by atoms with E-state index in [1.165, 1.54) is 29.2 Å². The number of benzene rings is 2. The number of aliphatic imine (C=N–C) groups is 1. The molecule has 1 aliphatic rings. The van der Waals surface area contributed by atoms with Gasteiger partial charge in [-0.15, -0.1) is 4.99 Å². The maximum absolute atomic E-state index is 14.1. The van der Waals surface area contributed by atoms with Crippen LogP contribution in [0.5, 0.6) is 0 Å². The van der Waals surface area contributed by atoms with Crippen LogP contribution in [0.4, 0.5) is 35.9 Å². The minimum absolute atomic E-state index is 0.0166. The first-order chi connectivity index (χ1) is 21.3. The van der Waals surface area contributed by atoms with Crippen molar-refractivity contribution in [2.24, 2.45) is 4.99 Å². The topological polar surface area (TPSA) is 150 Å². The minimum atomic E-state index is -4.80. The summed E-state index contributed by atoms with van der Waals surface area (Å²) in [5.41, 5.74) is -2.62. The smallest absolute Gasteiger partial charge is 0.437 e. The number of halogens is 6. The molecule has 3 N–H and O–H groups in total. The largest absolute Gasteiger partial charge is 0.465 e. The Morgan fingerprint density at radius 2 is 1.72 bits per heavy atom. The fourth-order valence-corrected chi connectivity index (χ4v) is 4.75. The van der Waals surface area contributed by atoms with Crippen molar-refractivity contribution in [3.63, 3.8) is 0 Å². The molecule has 3 aromatic rings. The molecule has 2 aromatic carbocycles. The number of aryl methyl sites for hydroxylation is 2. The van der Waals surface area contributed by atoms with Gasteiger partial charge in [0.05, 0.1) is 17.2 Å². The number of hydrogen-bond donors (Lipinski definition) is 3. The van der Waals surface area contributed by atoms with Crippen LogP contribution in [0.2, 0.25) is 0 Å². The number of rotatable bonds is 5.